The Morgan fingerprint density at radius 2 is 2.15 bits per heavy atom. The van der Waals surface area contributed by atoms with E-state index in [2.05, 4.69) is 4.98 Å². The summed E-state index contributed by atoms with van der Waals surface area (Å²) < 4.78 is 10.4. The monoisotopic (exact) mass is 309 g/mol. The standard InChI is InChI=1S/C14H12ClNO3S/c1-2-18-13(17)8-7-12-9-16-14(20-12)19-11-5-3-10(15)4-6-11/h3-9H,2H2,1H3. The molecule has 0 spiro atoms. The van der Waals surface area contributed by atoms with Crippen LogP contribution in [0, 0.1) is 0 Å². The predicted molar refractivity (Wildman–Crippen MR) is 79.3 cm³/mol. The van der Waals surface area contributed by atoms with Crippen molar-refractivity contribution >= 4 is 35.0 Å². The van der Waals surface area contributed by atoms with Gasteiger partial charge in [-0.1, -0.05) is 22.9 Å². The van der Waals surface area contributed by atoms with E-state index in [0.29, 0.717) is 22.6 Å². The average Bonchev–Trinajstić information content (AvgIpc) is 2.87. The van der Waals surface area contributed by atoms with Gasteiger partial charge in [-0.3, -0.25) is 0 Å². The summed E-state index contributed by atoms with van der Waals surface area (Å²) in [5.41, 5.74) is 0. The van der Waals surface area contributed by atoms with Crippen LogP contribution in [0.15, 0.2) is 36.5 Å². The number of halogens is 1. The number of benzene rings is 1. The second-order valence-corrected chi connectivity index (χ2v) is 5.13. The number of esters is 1. The van der Waals surface area contributed by atoms with Crippen LogP contribution in [0.5, 0.6) is 10.9 Å². The molecule has 1 aromatic carbocycles. The fourth-order valence-corrected chi connectivity index (χ4v) is 2.15. The summed E-state index contributed by atoms with van der Waals surface area (Å²) in [4.78, 5) is 16.1. The highest BCUT2D eigenvalue weighted by Crippen LogP contribution is 2.27. The lowest BCUT2D eigenvalue weighted by molar-refractivity contribution is -0.137. The SMILES string of the molecule is CCOC(=O)C=Cc1cnc(Oc2ccc(Cl)cc2)s1. The van der Waals surface area contributed by atoms with Gasteiger partial charge in [0.2, 0.25) is 0 Å². The van der Waals surface area contributed by atoms with E-state index in [4.69, 9.17) is 21.1 Å². The van der Waals surface area contributed by atoms with Gasteiger partial charge in [0.05, 0.1) is 11.5 Å². The molecule has 0 unspecified atom stereocenters. The van der Waals surface area contributed by atoms with E-state index < -0.39 is 0 Å². The van der Waals surface area contributed by atoms with E-state index in [1.54, 1.807) is 43.5 Å². The van der Waals surface area contributed by atoms with Crippen molar-refractivity contribution in [1.29, 1.82) is 0 Å². The first-order valence-electron chi connectivity index (χ1n) is 5.91. The van der Waals surface area contributed by atoms with Crippen LogP contribution in [-0.2, 0) is 9.53 Å². The number of rotatable bonds is 5. The van der Waals surface area contributed by atoms with Gasteiger partial charge in [0, 0.05) is 17.3 Å². The molecule has 0 radical (unpaired) electrons. The normalized spacial score (nSPS) is 10.7. The molecule has 2 aromatic rings. The summed E-state index contributed by atoms with van der Waals surface area (Å²) in [6.45, 7) is 2.12. The van der Waals surface area contributed by atoms with E-state index in [-0.39, 0.29) is 5.97 Å². The van der Waals surface area contributed by atoms with Gasteiger partial charge in [0.15, 0.2) is 0 Å². The van der Waals surface area contributed by atoms with E-state index >= 15 is 0 Å². The van der Waals surface area contributed by atoms with Gasteiger partial charge in [-0.2, -0.15) is 0 Å². The molecular formula is C14H12ClNO3S. The third-order valence-electron chi connectivity index (χ3n) is 2.19. The van der Waals surface area contributed by atoms with Crippen molar-refractivity contribution in [3.63, 3.8) is 0 Å². The molecule has 0 amide bonds. The lowest BCUT2D eigenvalue weighted by Gasteiger charge is -2.00. The molecule has 0 aliphatic heterocycles. The number of hydrogen-bond donors (Lipinski definition) is 0. The Bertz CT molecular complexity index is 607. The largest absolute Gasteiger partial charge is 0.463 e. The maximum atomic E-state index is 11.2. The Morgan fingerprint density at radius 3 is 2.85 bits per heavy atom. The number of carbonyl (C=O) groups is 1. The highest BCUT2D eigenvalue weighted by atomic mass is 35.5. The highest BCUT2D eigenvalue weighted by molar-refractivity contribution is 7.14. The van der Waals surface area contributed by atoms with Crippen molar-refractivity contribution < 1.29 is 14.3 Å². The highest BCUT2D eigenvalue weighted by Gasteiger charge is 2.03. The second kappa shape index (κ2) is 7.07. The number of aromatic nitrogens is 1. The summed E-state index contributed by atoms with van der Waals surface area (Å²) in [7, 11) is 0. The molecular weight excluding hydrogens is 298 g/mol. The Kier molecular flexibility index (Phi) is 5.15. The Hall–Kier alpha value is -1.85. The fourth-order valence-electron chi connectivity index (χ4n) is 1.34. The van der Waals surface area contributed by atoms with Crippen LogP contribution in [0.25, 0.3) is 6.08 Å². The zero-order valence-corrected chi connectivity index (χ0v) is 12.3. The number of nitrogens with zero attached hydrogens (tertiary/aromatic N) is 1. The minimum Gasteiger partial charge on any atom is -0.463 e. The average molecular weight is 310 g/mol. The third-order valence-corrected chi connectivity index (χ3v) is 3.28. The van der Waals surface area contributed by atoms with E-state index in [1.807, 2.05) is 0 Å². The van der Waals surface area contributed by atoms with E-state index in [0.717, 1.165) is 4.88 Å². The maximum Gasteiger partial charge on any atom is 0.330 e. The molecule has 104 valence electrons. The third kappa shape index (κ3) is 4.36. The number of hydrogen-bond acceptors (Lipinski definition) is 5. The fraction of sp³-hybridized carbons (Fsp3) is 0.143. The van der Waals surface area contributed by atoms with E-state index in [9.17, 15) is 4.79 Å². The molecule has 0 aliphatic carbocycles. The van der Waals surface area contributed by atoms with Gasteiger partial charge in [-0.15, -0.1) is 0 Å². The number of carbonyl (C=O) groups excluding carboxylic acids is 1. The molecule has 0 fully saturated rings. The van der Waals surface area contributed by atoms with Gasteiger partial charge < -0.3 is 9.47 Å². The van der Waals surface area contributed by atoms with Crippen LogP contribution in [0.1, 0.15) is 11.8 Å². The van der Waals surface area contributed by atoms with Gasteiger partial charge in [-0.25, -0.2) is 9.78 Å². The minimum absolute atomic E-state index is 0.358. The number of thiazole rings is 1. The Balaban J connectivity index is 1.98. The minimum atomic E-state index is -0.374. The van der Waals surface area contributed by atoms with Crippen molar-refractivity contribution in [2.75, 3.05) is 6.61 Å². The van der Waals surface area contributed by atoms with Crippen LogP contribution in [0.4, 0.5) is 0 Å². The molecule has 0 aliphatic rings. The van der Waals surface area contributed by atoms with Crippen molar-refractivity contribution in [2.45, 2.75) is 6.92 Å². The summed E-state index contributed by atoms with van der Waals surface area (Å²) in [5.74, 6) is 0.283. The molecule has 2 rings (SSSR count). The smallest absolute Gasteiger partial charge is 0.330 e. The lowest BCUT2D eigenvalue weighted by Crippen LogP contribution is -1.98. The van der Waals surface area contributed by atoms with Crippen LogP contribution >= 0.6 is 22.9 Å². The maximum absolute atomic E-state index is 11.2. The molecule has 0 N–H and O–H groups in total. The van der Waals surface area contributed by atoms with Gasteiger partial charge in [-0.05, 0) is 37.3 Å². The Labute approximate surface area is 125 Å². The van der Waals surface area contributed by atoms with Gasteiger partial charge in [0.25, 0.3) is 5.19 Å². The second-order valence-electron chi connectivity index (χ2n) is 3.67. The summed E-state index contributed by atoms with van der Waals surface area (Å²) in [6, 6.07) is 7.01. The molecule has 0 atom stereocenters. The van der Waals surface area contributed by atoms with Gasteiger partial charge in [0.1, 0.15) is 5.75 Å². The first-order valence-corrected chi connectivity index (χ1v) is 7.11. The van der Waals surface area contributed by atoms with Crippen molar-refractivity contribution in [3.8, 4) is 10.9 Å². The molecule has 1 aromatic heterocycles. The predicted octanol–water partition coefficient (Wildman–Crippen LogP) is 4.17. The molecule has 0 bridgehead atoms. The van der Waals surface area contributed by atoms with Crippen molar-refractivity contribution in [1.82, 2.24) is 4.98 Å². The van der Waals surface area contributed by atoms with Gasteiger partial charge >= 0.3 is 5.97 Å². The van der Waals surface area contributed by atoms with Crippen LogP contribution in [0.2, 0.25) is 5.02 Å². The molecule has 20 heavy (non-hydrogen) atoms. The van der Waals surface area contributed by atoms with Crippen LogP contribution in [0.3, 0.4) is 0 Å². The van der Waals surface area contributed by atoms with Crippen molar-refractivity contribution in [3.05, 3.63) is 46.4 Å². The molecule has 4 nitrogen and oxygen atoms in total. The zero-order chi connectivity index (χ0) is 14.4. The summed E-state index contributed by atoms with van der Waals surface area (Å²) >= 11 is 7.12. The zero-order valence-electron chi connectivity index (χ0n) is 10.7. The molecule has 0 saturated heterocycles. The summed E-state index contributed by atoms with van der Waals surface area (Å²) in [6.07, 6.45) is 4.64. The number of ether oxygens (including phenoxy) is 2. The Morgan fingerprint density at radius 1 is 1.40 bits per heavy atom. The van der Waals surface area contributed by atoms with E-state index in [1.165, 1.54) is 17.4 Å². The van der Waals surface area contributed by atoms with Crippen LogP contribution < -0.4 is 4.74 Å². The summed E-state index contributed by atoms with van der Waals surface area (Å²) in [5, 5.41) is 1.14. The quantitative estimate of drug-likeness (QED) is 0.614. The molecule has 0 saturated carbocycles. The molecule has 6 heteroatoms. The van der Waals surface area contributed by atoms with Crippen molar-refractivity contribution in [2.24, 2.45) is 0 Å². The lowest BCUT2D eigenvalue weighted by atomic mass is 10.3. The molecule has 1 heterocycles. The first kappa shape index (κ1) is 14.6. The topological polar surface area (TPSA) is 48.4 Å². The first-order chi connectivity index (χ1) is 9.67. The van der Waals surface area contributed by atoms with Crippen LogP contribution in [-0.4, -0.2) is 17.6 Å².